The minimum Gasteiger partial charge on any atom is -0.434 e. The van der Waals surface area contributed by atoms with Crippen LogP contribution in [-0.4, -0.2) is 36.3 Å². The van der Waals surface area contributed by atoms with E-state index in [2.05, 4.69) is 30.5 Å². The molecule has 0 spiro atoms. The minimum atomic E-state index is -2.86. The van der Waals surface area contributed by atoms with Gasteiger partial charge in [-0.2, -0.15) is 13.8 Å². The maximum atomic E-state index is 12.4. The molecule has 2 aromatic rings. The molecule has 0 unspecified atom stereocenters. The van der Waals surface area contributed by atoms with Gasteiger partial charge in [-0.15, -0.1) is 24.0 Å². The number of hydrogen-bond donors (Lipinski definition) is 2. The number of alkyl halides is 2. The molecule has 2 N–H and O–H groups in total. The van der Waals surface area contributed by atoms with Crippen molar-refractivity contribution in [2.45, 2.75) is 39.3 Å². The second-order valence-electron chi connectivity index (χ2n) is 5.79. The van der Waals surface area contributed by atoms with Crippen molar-refractivity contribution in [3.05, 3.63) is 41.5 Å². The molecular weight excluding hydrogens is 471 g/mol. The lowest BCUT2D eigenvalue weighted by molar-refractivity contribution is -0.0504. The zero-order valence-corrected chi connectivity index (χ0v) is 17.7. The molecule has 0 aliphatic carbocycles. The first-order chi connectivity index (χ1) is 12.5. The summed E-state index contributed by atoms with van der Waals surface area (Å²) < 4.78 is 34.6. The highest BCUT2D eigenvalue weighted by Crippen LogP contribution is 2.19. The van der Waals surface area contributed by atoms with Crippen LogP contribution in [0.2, 0.25) is 0 Å². The molecule has 0 aliphatic heterocycles. The van der Waals surface area contributed by atoms with Crippen LogP contribution >= 0.6 is 24.0 Å². The van der Waals surface area contributed by atoms with E-state index in [1.807, 2.05) is 13.8 Å². The molecule has 0 atom stereocenters. The largest absolute Gasteiger partial charge is 0.434 e. The van der Waals surface area contributed by atoms with E-state index in [1.54, 1.807) is 25.2 Å². The Hall–Kier alpha value is -1.98. The third-order valence-corrected chi connectivity index (χ3v) is 3.49. The van der Waals surface area contributed by atoms with Gasteiger partial charge in [-0.25, -0.2) is 0 Å². The van der Waals surface area contributed by atoms with Crippen molar-refractivity contribution < 1.29 is 18.0 Å². The summed E-state index contributed by atoms with van der Waals surface area (Å²) in [6.07, 6.45) is 0.547. The van der Waals surface area contributed by atoms with Gasteiger partial charge < -0.3 is 19.9 Å². The standard InChI is InChI=1S/C17H23F2N5O2.HI/c1-11(2)15-23-14(26-24-15)8-9-21-17(20-3)22-10-12-6-4-5-7-13(12)25-16(18)19;/h4-7,11,16H,8-10H2,1-3H3,(H2,20,21,22);1H. The third kappa shape index (κ3) is 7.65. The average molecular weight is 495 g/mol. The van der Waals surface area contributed by atoms with Crippen molar-refractivity contribution >= 4 is 29.9 Å². The predicted octanol–water partition coefficient (Wildman–Crippen LogP) is 3.32. The quantitative estimate of drug-likeness (QED) is 0.332. The molecule has 0 bridgehead atoms. The smallest absolute Gasteiger partial charge is 0.387 e. The molecule has 27 heavy (non-hydrogen) atoms. The van der Waals surface area contributed by atoms with E-state index in [1.165, 1.54) is 6.07 Å². The van der Waals surface area contributed by atoms with E-state index in [-0.39, 0.29) is 35.6 Å². The van der Waals surface area contributed by atoms with Crippen molar-refractivity contribution in [3.63, 3.8) is 0 Å². The molecule has 150 valence electrons. The fourth-order valence-corrected chi connectivity index (χ4v) is 2.15. The number of aromatic nitrogens is 2. The third-order valence-electron chi connectivity index (χ3n) is 3.49. The lowest BCUT2D eigenvalue weighted by Crippen LogP contribution is -2.38. The van der Waals surface area contributed by atoms with Crippen LogP contribution in [0.15, 0.2) is 33.8 Å². The topological polar surface area (TPSA) is 84.6 Å². The van der Waals surface area contributed by atoms with E-state index in [0.29, 0.717) is 42.7 Å². The molecule has 7 nitrogen and oxygen atoms in total. The van der Waals surface area contributed by atoms with Gasteiger partial charge in [0, 0.05) is 38.0 Å². The van der Waals surface area contributed by atoms with Crippen molar-refractivity contribution in [1.29, 1.82) is 0 Å². The van der Waals surface area contributed by atoms with Gasteiger partial charge in [0.25, 0.3) is 0 Å². The molecule has 0 radical (unpaired) electrons. The molecule has 1 aromatic heterocycles. The zero-order valence-electron chi connectivity index (χ0n) is 15.4. The molecule has 2 rings (SSSR count). The fraction of sp³-hybridized carbons (Fsp3) is 0.471. The summed E-state index contributed by atoms with van der Waals surface area (Å²) in [7, 11) is 1.63. The van der Waals surface area contributed by atoms with E-state index in [4.69, 9.17) is 4.52 Å². The number of aliphatic imine (C=N–C) groups is 1. The highest BCUT2D eigenvalue weighted by Gasteiger charge is 2.11. The minimum absolute atomic E-state index is 0. The summed E-state index contributed by atoms with van der Waals surface area (Å²) in [5, 5.41) is 10.1. The summed E-state index contributed by atoms with van der Waals surface area (Å²) in [5.41, 5.74) is 0.606. The summed E-state index contributed by atoms with van der Waals surface area (Å²) in [6, 6.07) is 6.61. The second kappa shape index (κ2) is 11.7. The van der Waals surface area contributed by atoms with Gasteiger partial charge in [-0.05, 0) is 6.07 Å². The molecule has 0 saturated heterocycles. The number of guanidine groups is 1. The Bertz CT molecular complexity index is 725. The highest BCUT2D eigenvalue weighted by atomic mass is 127. The first kappa shape index (κ1) is 23.1. The molecule has 0 amide bonds. The van der Waals surface area contributed by atoms with Crippen molar-refractivity contribution in [2.24, 2.45) is 4.99 Å². The first-order valence-electron chi connectivity index (χ1n) is 8.29. The van der Waals surface area contributed by atoms with Gasteiger partial charge in [0.2, 0.25) is 5.89 Å². The Morgan fingerprint density at radius 2 is 2.00 bits per heavy atom. The van der Waals surface area contributed by atoms with E-state index >= 15 is 0 Å². The number of benzene rings is 1. The molecular formula is C17H24F2IN5O2. The number of hydrogen-bond acceptors (Lipinski definition) is 5. The van der Waals surface area contributed by atoms with Crippen LogP contribution < -0.4 is 15.4 Å². The highest BCUT2D eigenvalue weighted by molar-refractivity contribution is 14.0. The normalized spacial score (nSPS) is 11.4. The van der Waals surface area contributed by atoms with Gasteiger partial charge in [0.1, 0.15) is 5.75 Å². The van der Waals surface area contributed by atoms with Crippen LogP contribution in [0.1, 0.15) is 37.0 Å². The number of rotatable bonds is 8. The van der Waals surface area contributed by atoms with E-state index < -0.39 is 6.61 Å². The SMILES string of the molecule is CN=C(NCCc1nc(C(C)C)no1)NCc1ccccc1OC(F)F.I. The van der Waals surface area contributed by atoms with Crippen LogP contribution in [0.3, 0.4) is 0 Å². The Labute approximate surface area is 174 Å². The lowest BCUT2D eigenvalue weighted by Gasteiger charge is -2.14. The van der Waals surface area contributed by atoms with Crippen LogP contribution in [-0.2, 0) is 13.0 Å². The average Bonchev–Trinajstić information content (AvgIpc) is 3.08. The van der Waals surface area contributed by atoms with E-state index in [0.717, 1.165) is 0 Å². The summed E-state index contributed by atoms with van der Waals surface area (Å²) >= 11 is 0. The molecule has 0 aliphatic rings. The van der Waals surface area contributed by atoms with Crippen molar-refractivity contribution in [1.82, 2.24) is 20.8 Å². The first-order valence-corrected chi connectivity index (χ1v) is 8.29. The van der Waals surface area contributed by atoms with Gasteiger partial charge in [0.15, 0.2) is 11.8 Å². The van der Waals surface area contributed by atoms with Crippen LogP contribution in [0.5, 0.6) is 5.75 Å². The summed E-state index contributed by atoms with van der Waals surface area (Å²) in [4.78, 5) is 8.40. The Balaban J connectivity index is 0.00000364. The summed E-state index contributed by atoms with van der Waals surface area (Å²) in [5.74, 6) is 2.11. The van der Waals surface area contributed by atoms with Gasteiger partial charge >= 0.3 is 6.61 Å². The van der Waals surface area contributed by atoms with Crippen LogP contribution in [0, 0.1) is 0 Å². The van der Waals surface area contributed by atoms with Crippen LogP contribution in [0.25, 0.3) is 0 Å². The molecule has 10 heteroatoms. The second-order valence-corrected chi connectivity index (χ2v) is 5.79. The number of nitrogens with one attached hydrogen (secondary N) is 2. The Morgan fingerprint density at radius 1 is 1.26 bits per heavy atom. The summed E-state index contributed by atoms with van der Waals surface area (Å²) in [6.45, 7) is 1.95. The number of ether oxygens (including phenoxy) is 1. The fourth-order valence-electron chi connectivity index (χ4n) is 2.15. The number of nitrogens with zero attached hydrogens (tertiary/aromatic N) is 3. The predicted molar refractivity (Wildman–Crippen MR) is 109 cm³/mol. The Kier molecular flexibility index (Phi) is 9.97. The lowest BCUT2D eigenvalue weighted by atomic mass is 10.2. The molecule has 1 heterocycles. The van der Waals surface area contributed by atoms with Gasteiger partial charge in [-0.1, -0.05) is 37.2 Å². The monoisotopic (exact) mass is 495 g/mol. The van der Waals surface area contributed by atoms with Crippen LogP contribution in [0.4, 0.5) is 8.78 Å². The van der Waals surface area contributed by atoms with Crippen molar-refractivity contribution in [2.75, 3.05) is 13.6 Å². The number of para-hydroxylation sites is 1. The maximum Gasteiger partial charge on any atom is 0.387 e. The zero-order chi connectivity index (χ0) is 18.9. The Morgan fingerprint density at radius 3 is 2.63 bits per heavy atom. The molecule has 0 fully saturated rings. The van der Waals surface area contributed by atoms with Gasteiger partial charge in [-0.3, -0.25) is 4.99 Å². The number of halogens is 3. The van der Waals surface area contributed by atoms with Crippen molar-refractivity contribution in [3.8, 4) is 5.75 Å². The maximum absolute atomic E-state index is 12.4. The molecule has 1 aromatic carbocycles. The molecule has 0 saturated carbocycles. The van der Waals surface area contributed by atoms with E-state index in [9.17, 15) is 8.78 Å². The van der Waals surface area contributed by atoms with Gasteiger partial charge in [0.05, 0.1) is 0 Å².